The van der Waals surface area contributed by atoms with Crippen molar-refractivity contribution in [3.8, 4) is 0 Å². The lowest BCUT2D eigenvalue weighted by Gasteiger charge is -2.43. The van der Waals surface area contributed by atoms with Gasteiger partial charge in [0.1, 0.15) is 10.6 Å². The molecule has 1 N–H and O–H groups in total. The van der Waals surface area contributed by atoms with Crippen molar-refractivity contribution < 1.29 is 53.4 Å². The van der Waals surface area contributed by atoms with Gasteiger partial charge in [0.05, 0.1) is 16.5 Å². The van der Waals surface area contributed by atoms with Gasteiger partial charge in [-0.3, -0.25) is 0 Å². The van der Waals surface area contributed by atoms with Crippen molar-refractivity contribution in [2.24, 2.45) is 0 Å². The van der Waals surface area contributed by atoms with Crippen LogP contribution in [0.25, 0.3) is 0 Å². The number of carbonyl (C=O) groups is 1. The van der Waals surface area contributed by atoms with Crippen LogP contribution in [-0.4, -0.2) is 44.4 Å². The van der Waals surface area contributed by atoms with E-state index < -0.39 is 56.0 Å². The van der Waals surface area contributed by atoms with Crippen molar-refractivity contribution in [1.82, 2.24) is 0 Å². The van der Waals surface area contributed by atoms with Gasteiger partial charge in [0.2, 0.25) is 0 Å². The lowest BCUT2D eigenvalue weighted by atomic mass is 9.76. The molecule has 3 aromatic carbocycles. The average Bonchev–Trinajstić information content (AvgIpc) is 3.33. The summed E-state index contributed by atoms with van der Waals surface area (Å²) in [7, 11) is -4.53. The SMILES string of the molecule is O=C(O)c1cccc(N2CC[C@@]3(S(=O)(=O)c4ccc(F)cc4)c4ccc(C(F)(C(F)(F)F)C(F)(F)F)cc4CC[C@@H]23)c1. The van der Waals surface area contributed by atoms with E-state index in [9.17, 15) is 53.4 Å². The number of fused-ring (bicyclic) bond motifs is 3. The molecule has 1 aliphatic carbocycles. The summed E-state index contributed by atoms with van der Waals surface area (Å²) in [5.41, 5.74) is -7.48. The highest BCUT2D eigenvalue weighted by Gasteiger charge is 2.73. The van der Waals surface area contributed by atoms with Crippen molar-refractivity contribution in [2.75, 3.05) is 11.4 Å². The Hall–Kier alpha value is -3.68. The number of alkyl halides is 7. The van der Waals surface area contributed by atoms with Gasteiger partial charge in [0, 0.05) is 17.8 Å². The van der Waals surface area contributed by atoms with E-state index >= 15 is 0 Å². The molecule has 0 saturated carbocycles. The molecule has 2 aliphatic rings. The van der Waals surface area contributed by atoms with Crippen LogP contribution in [0, 0.1) is 5.82 Å². The molecule has 42 heavy (non-hydrogen) atoms. The standard InChI is InChI=1S/C28H21F8NO4S/c29-19-6-8-21(9-7-19)42(40,41)25-12-13-37(20-3-1-2-17(15-20)24(38)39)23(25)11-4-16-14-18(5-10-22(16)25)26(30,27(31,32)33)28(34,35)36/h1-3,5-10,14-15,23H,4,11-13H2,(H,38,39)/t23-,25-/m1/s1. The van der Waals surface area contributed by atoms with Crippen LogP contribution in [-0.2, 0) is 26.7 Å². The fraction of sp³-hybridized carbons (Fsp3) is 0.321. The van der Waals surface area contributed by atoms with Gasteiger partial charge in [0.25, 0.3) is 0 Å². The van der Waals surface area contributed by atoms with E-state index in [1.54, 1.807) is 11.0 Å². The van der Waals surface area contributed by atoms with Gasteiger partial charge >= 0.3 is 24.0 Å². The Balaban J connectivity index is 1.73. The minimum Gasteiger partial charge on any atom is -0.478 e. The van der Waals surface area contributed by atoms with Gasteiger partial charge in [-0.15, -0.1) is 0 Å². The van der Waals surface area contributed by atoms with Crippen molar-refractivity contribution in [3.05, 3.63) is 94.8 Å². The van der Waals surface area contributed by atoms with E-state index in [4.69, 9.17) is 0 Å². The van der Waals surface area contributed by atoms with Crippen molar-refractivity contribution in [3.63, 3.8) is 0 Å². The van der Waals surface area contributed by atoms with E-state index in [1.807, 2.05) is 0 Å². The molecular formula is C28H21F8NO4S. The number of hydrogen-bond donors (Lipinski definition) is 1. The lowest BCUT2D eigenvalue weighted by molar-refractivity contribution is -0.348. The zero-order valence-electron chi connectivity index (χ0n) is 21.3. The molecule has 0 aromatic heterocycles. The molecule has 1 fully saturated rings. The number of carboxylic acid groups (broad SMARTS) is 1. The van der Waals surface area contributed by atoms with Crippen molar-refractivity contribution in [1.29, 1.82) is 0 Å². The summed E-state index contributed by atoms with van der Waals surface area (Å²) >= 11 is 0. The second kappa shape index (κ2) is 9.68. The number of hydrogen-bond acceptors (Lipinski definition) is 4. The Morgan fingerprint density at radius 3 is 2.14 bits per heavy atom. The molecule has 0 radical (unpaired) electrons. The highest BCUT2D eigenvalue weighted by atomic mass is 32.2. The average molecular weight is 620 g/mol. The van der Waals surface area contributed by atoms with E-state index in [0.717, 1.165) is 30.3 Å². The molecule has 1 saturated heterocycles. The molecular weight excluding hydrogens is 598 g/mol. The number of nitrogens with zero attached hydrogens (tertiary/aromatic N) is 1. The molecule has 0 bridgehead atoms. The lowest BCUT2D eigenvalue weighted by Crippen LogP contribution is -2.52. The molecule has 0 unspecified atom stereocenters. The zero-order chi connectivity index (χ0) is 30.9. The van der Waals surface area contributed by atoms with E-state index in [0.29, 0.717) is 17.8 Å². The fourth-order valence-corrected chi connectivity index (χ4v) is 8.55. The predicted octanol–water partition coefficient (Wildman–Crippen LogP) is 6.71. The third-order valence-corrected chi connectivity index (χ3v) is 10.6. The summed E-state index contributed by atoms with van der Waals surface area (Å²) in [6, 6.07) is 10.0. The monoisotopic (exact) mass is 619 g/mol. The second-order valence-corrected chi connectivity index (χ2v) is 12.4. The summed E-state index contributed by atoms with van der Waals surface area (Å²) in [5.74, 6) is -1.99. The van der Waals surface area contributed by atoms with Gasteiger partial charge in [-0.2, -0.15) is 26.3 Å². The summed E-state index contributed by atoms with van der Waals surface area (Å²) in [4.78, 5) is 12.9. The first-order valence-electron chi connectivity index (χ1n) is 12.5. The van der Waals surface area contributed by atoms with Crippen molar-refractivity contribution >= 4 is 21.5 Å². The number of halogens is 8. The molecule has 5 nitrogen and oxygen atoms in total. The smallest absolute Gasteiger partial charge is 0.435 e. The third-order valence-electron chi connectivity index (χ3n) is 8.09. The molecule has 5 rings (SSSR count). The first kappa shape index (κ1) is 29.8. The number of rotatable bonds is 5. The molecule has 3 aromatic rings. The zero-order valence-corrected chi connectivity index (χ0v) is 22.1. The maximum atomic E-state index is 14.9. The fourth-order valence-electron chi connectivity index (χ4n) is 6.18. The minimum absolute atomic E-state index is 0.0213. The number of aromatic carboxylic acids is 1. The minimum atomic E-state index is -6.35. The van der Waals surface area contributed by atoms with E-state index in [-0.39, 0.29) is 47.4 Å². The second-order valence-electron chi connectivity index (χ2n) is 10.2. The Bertz CT molecular complexity index is 1640. The highest BCUT2D eigenvalue weighted by molar-refractivity contribution is 7.92. The number of anilines is 1. The summed E-state index contributed by atoms with van der Waals surface area (Å²) < 4.78 is 136. The van der Waals surface area contributed by atoms with Gasteiger partial charge < -0.3 is 10.0 Å². The molecule has 0 amide bonds. The molecule has 1 aliphatic heterocycles. The van der Waals surface area contributed by atoms with Crippen molar-refractivity contribution in [2.45, 2.75) is 53.0 Å². The van der Waals surface area contributed by atoms with Gasteiger partial charge in [-0.25, -0.2) is 22.0 Å². The summed E-state index contributed by atoms with van der Waals surface area (Å²) in [6.07, 6.45) is -13.2. The Labute approximate surface area is 234 Å². The normalized spacial score (nSPS) is 21.1. The van der Waals surface area contributed by atoms with E-state index in [1.165, 1.54) is 18.2 Å². The Kier molecular flexibility index (Phi) is 6.87. The predicted molar refractivity (Wildman–Crippen MR) is 134 cm³/mol. The largest absolute Gasteiger partial charge is 0.478 e. The van der Waals surface area contributed by atoms with E-state index in [2.05, 4.69) is 0 Å². The third kappa shape index (κ3) is 4.24. The molecule has 1 heterocycles. The maximum absolute atomic E-state index is 14.9. The topological polar surface area (TPSA) is 74.7 Å². The van der Waals surface area contributed by atoms with Crippen LogP contribution in [0.15, 0.2) is 71.6 Å². The quantitative estimate of drug-likeness (QED) is 0.254. The maximum Gasteiger partial charge on any atom is 0.435 e. The number of carboxylic acids is 1. The number of aryl methyl sites for hydroxylation is 1. The van der Waals surface area contributed by atoms with Gasteiger partial charge in [0.15, 0.2) is 9.84 Å². The van der Waals surface area contributed by atoms with Crippen LogP contribution in [0.2, 0.25) is 0 Å². The molecule has 2 atom stereocenters. The van der Waals surface area contributed by atoms with Crippen LogP contribution in [0.5, 0.6) is 0 Å². The Morgan fingerprint density at radius 1 is 0.905 bits per heavy atom. The van der Waals surface area contributed by atoms with Gasteiger partial charge in [-0.1, -0.05) is 24.3 Å². The first-order valence-corrected chi connectivity index (χ1v) is 14.0. The van der Waals surface area contributed by atoms with Gasteiger partial charge in [-0.05, 0) is 72.9 Å². The Morgan fingerprint density at radius 2 is 1.55 bits per heavy atom. The van der Waals surface area contributed by atoms with Crippen LogP contribution < -0.4 is 4.90 Å². The van der Waals surface area contributed by atoms with Crippen LogP contribution in [0.1, 0.15) is 39.9 Å². The molecule has 14 heteroatoms. The summed E-state index contributed by atoms with van der Waals surface area (Å²) in [5, 5.41) is 9.44. The highest BCUT2D eigenvalue weighted by Crippen LogP contribution is 2.57. The van der Waals surface area contributed by atoms with Crippen LogP contribution in [0.4, 0.5) is 40.8 Å². The van der Waals surface area contributed by atoms with Crippen LogP contribution in [0.3, 0.4) is 0 Å². The first-order chi connectivity index (χ1) is 19.4. The number of benzene rings is 3. The molecule has 224 valence electrons. The van der Waals surface area contributed by atoms with Crippen LogP contribution >= 0.6 is 0 Å². The molecule has 0 spiro atoms. The summed E-state index contributed by atoms with van der Waals surface area (Å²) in [6.45, 7) is 0.0213. The number of sulfone groups is 1.